The maximum absolute atomic E-state index is 2.38. The second-order valence-corrected chi connectivity index (χ2v) is 4.25. The maximum Gasteiger partial charge on any atom is 0.0129 e. The van der Waals surface area contributed by atoms with Crippen LogP contribution >= 0.6 is 11.8 Å². The van der Waals surface area contributed by atoms with E-state index < -0.39 is 0 Å². The van der Waals surface area contributed by atoms with Crippen LogP contribution in [0.3, 0.4) is 0 Å². The highest BCUT2D eigenvalue weighted by atomic mass is 32.2. The Morgan fingerprint density at radius 1 is 1.25 bits per heavy atom. The van der Waals surface area contributed by atoms with Gasteiger partial charge in [0.1, 0.15) is 0 Å². The van der Waals surface area contributed by atoms with E-state index in [9.17, 15) is 0 Å². The molecule has 1 fully saturated rings. The zero-order chi connectivity index (χ0) is 6.04. The van der Waals surface area contributed by atoms with Crippen molar-refractivity contribution in [1.29, 1.82) is 0 Å². The highest BCUT2D eigenvalue weighted by Gasteiger charge is 2.26. The minimum Gasteiger partial charge on any atom is -0.159 e. The first-order chi connectivity index (χ1) is 3.77. The van der Waals surface area contributed by atoms with Gasteiger partial charge in [-0.05, 0) is 19.1 Å². The summed E-state index contributed by atoms with van der Waals surface area (Å²) in [7, 11) is 0. The van der Waals surface area contributed by atoms with Gasteiger partial charge in [0.15, 0.2) is 0 Å². The normalized spacial score (nSPS) is 26.2. The van der Waals surface area contributed by atoms with Crippen LogP contribution < -0.4 is 0 Å². The lowest BCUT2D eigenvalue weighted by atomic mass is 10.1. The summed E-state index contributed by atoms with van der Waals surface area (Å²) in [6.07, 6.45) is 8.02. The molecular formula is C7H14S. The van der Waals surface area contributed by atoms with Crippen LogP contribution in [0.4, 0.5) is 0 Å². The summed E-state index contributed by atoms with van der Waals surface area (Å²) in [6, 6.07) is 0. The van der Waals surface area contributed by atoms with Crippen LogP contribution in [-0.4, -0.2) is 11.0 Å². The van der Waals surface area contributed by atoms with E-state index in [2.05, 4.69) is 13.2 Å². The topological polar surface area (TPSA) is 0 Å². The number of hydrogen-bond donors (Lipinski definition) is 0. The monoisotopic (exact) mass is 130 g/mol. The molecule has 0 aromatic rings. The third-order valence-corrected chi connectivity index (χ3v) is 3.55. The molecule has 0 radical (unpaired) electrons. The average molecular weight is 130 g/mol. The van der Waals surface area contributed by atoms with Crippen molar-refractivity contribution in [3.63, 3.8) is 0 Å². The zero-order valence-electron chi connectivity index (χ0n) is 5.74. The molecule has 48 valence electrons. The number of hydrogen-bond acceptors (Lipinski definition) is 1. The molecule has 1 rings (SSSR count). The molecule has 0 atom stereocenters. The van der Waals surface area contributed by atoms with E-state index in [0.717, 1.165) is 0 Å². The molecule has 1 saturated carbocycles. The lowest BCUT2D eigenvalue weighted by Gasteiger charge is -2.19. The Kier molecular flexibility index (Phi) is 1.86. The standard InChI is InChI=1S/C7H14S/c1-7(8-2)5-3-4-6-7/h3-6H2,1-2H3. The first-order valence-corrected chi connectivity index (χ1v) is 4.54. The maximum atomic E-state index is 2.38. The van der Waals surface area contributed by atoms with E-state index in [4.69, 9.17) is 0 Å². The van der Waals surface area contributed by atoms with Gasteiger partial charge in [0, 0.05) is 4.75 Å². The van der Waals surface area contributed by atoms with E-state index in [-0.39, 0.29) is 0 Å². The van der Waals surface area contributed by atoms with Crippen LogP contribution in [0.1, 0.15) is 32.6 Å². The molecule has 0 aromatic heterocycles. The minimum absolute atomic E-state index is 0.653. The molecule has 0 nitrogen and oxygen atoms in total. The second-order valence-electron chi connectivity index (χ2n) is 2.86. The van der Waals surface area contributed by atoms with Gasteiger partial charge >= 0.3 is 0 Å². The first-order valence-electron chi connectivity index (χ1n) is 3.32. The van der Waals surface area contributed by atoms with Crippen molar-refractivity contribution in [2.24, 2.45) is 0 Å². The fourth-order valence-corrected chi connectivity index (χ4v) is 2.02. The Morgan fingerprint density at radius 3 is 2.00 bits per heavy atom. The summed E-state index contributed by atoms with van der Waals surface area (Å²) in [5.74, 6) is 0. The van der Waals surface area contributed by atoms with Crippen molar-refractivity contribution in [2.75, 3.05) is 6.26 Å². The lowest BCUT2D eigenvalue weighted by Crippen LogP contribution is -2.12. The molecule has 1 aliphatic rings. The third kappa shape index (κ3) is 1.19. The summed E-state index contributed by atoms with van der Waals surface area (Å²) in [4.78, 5) is 0. The smallest absolute Gasteiger partial charge is 0.0129 e. The Morgan fingerprint density at radius 2 is 1.75 bits per heavy atom. The van der Waals surface area contributed by atoms with Gasteiger partial charge in [-0.15, -0.1) is 0 Å². The Bertz CT molecular complexity index is 72.5. The largest absolute Gasteiger partial charge is 0.159 e. The van der Waals surface area contributed by atoms with Gasteiger partial charge < -0.3 is 0 Å². The molecule has 0 saturated heterocycles. The van der Waals surface area contributed by atoms with Crippen molar-refractivity contribution >= 4 is 11.8 Å². The SMILES string of the molecule is CSC1(C)CCCC1. The van der Waals surface area contributed by atoms with E-state index in [0.29, 0.717) is 4.75 Å². The molecule has 8 heavy (non-hydrogen) atoms. The average Bonchev–Trinajstić information content (AvgIpc) is 2.17. The van der Waals surface area contributed by atoms with Crippen LogP contribution in [0.15, 0.2) is 0 Å². The Labute approximate surface area is 56.0 Å². The van der Waals surface area contributed by atoms with E-state index in [1.54, 1.807) is 0 Å². The van der Waals surface area contributed by atoms with Crippen molar-refractivity contribution in [2.45, 2.75) is 37.4 Å². The second kappa shape index (κ2) is 2.30. The van der Waals surface area contributed by atoms with Gasteiger partial charge in [0.05, 0.1) is 0 Å². The van der Waals surface area contributed by atoms with Gasteiger partial charge in [-0.2, -0.15) is 11.8 Å². The summed E-state index contributed by atoms with van der Waals surface area (Å²) in [5, 5.41) is 0. The van der Waals surface area contributed by atoms with Crippen molar-refractivity contribution in [3.05, 3.63) is 0 Å². The van der Waals surface area contributed by atoms with Crippen LogP contribution in [-0.2, 0) is 0 Å². The molecule has 1 heteroatoms. The molecule has 0 amide bonds. The van der Waals surface area contributed by atoms with E-state index in [1.807, 2.05) is 11.8 Å². The van der Waals surface area contributed by atoms with Gasteiger partial charge in [0.25, 0.3) is 0 Å². The van der Waals surface area contributed by atoms with Crippen LogP contribution in [0.5, 0.6) is 0 Å². The zero-order valence-corrected chi connectivity index (χ0v) is 6.55. The fraction of sp³-hybridized carbons (Fsp3) is 1.00. The predicted octanol–water partition coefficient (Wildman–Crippen LogP) is 2.68. The highest BCUT2D eigenvalue weighted by Crippen LogP contribution is 2.39. The van der Waals surface area contributed by atoms with Gasteiger partial charge in [0.2, 0.25) is 0 Å². The van der Waals surface area contributed by atoms with Crippen LogP contribution in [0.2, 0.25) is 0 Å². The molecule has 0 aromatic carbocycles. The van der Waals surface area contributed by atoms with Crippen LogP contribution in [0, 0.1) is 0 Å². The molecule has 0 aliphatic heterocycles. The van der Waals surface area contributed by atoms with E-state index >= 15 is 0 Å². The number of rotatable bonds is 1. The van der Waals surface area contributed by atoms with Crippen LogP contribution in [0.25, 0.3) is 0 Å². The summed E-state index contributed by atoms with van der Waals surface area (Å²) in [5.41, 5.74) is 0. The van der Waals surface area contributed by atoms with Gasteiger partial charge in [-0.1, -0.05) is 19.8 Å². The molecule has 0 bridgehead atoms. The molecular weight excluding hydrogens is 116 g/mol. The summed E-state index contributed by atoms with van der Waals surface area (Å²) in [6.45, 7) is 2.38. The fourth-order valence-electron chi connectivity index (χ4n) is 1.33. The van der Waals surface area contributed by atoms with Crippen molar-refractivity contribution in [1.82, 2.24) is 0 Å². The molecule has 1 aliphatic carbocycles. The number of thioether (sulfide) groups is 1. The molecule has 0 spiro atoms. The van der Waals surface area contributed by atoms with E-state index in [1.165, 1.54) is 25.7 Å². The highest BCUT2D eigenvalue weighted by molar-refractivity contribution is 7.99. The molecule has 0 unspecified atom stereocenters. The molecule has 0 N–H and O–H groups in total. The molecule has 0 heterocycles. The third-order valence-electron chi connectivity index (χ3n) is 2.15. The lowest BCUT2D eigenvalue weighted by molar-refractivity contribution is 0.675. The summed E-state index contributed by atoms with van der Waals surface area (Å²) >= 11 is 2.03. The van der Waals surface area contributed by atoms with Crippen molar-refractivity contribution < 1.29 is 0 Å². The Hall–Kier alpha value is 0.350. The quantitative estimate of drug-likeness (QED) is 0.526. The summed E-state index contributed by atoms with van der Waals surface area (Å²) < 4.78 is 0.653. The predicted molar refractivity (Wildman–Crippen MR) is 40.4 cm³/mol. The van der Waals surface area contributed by atoms with Gasteiger partial charge in [-0.25, -0.2) is 0 Å². The first kappa shape index (κ1) is 6.47. The minimum atomic E-state index is 0.653. The Balaban J connectivity index is 2.40. The van der Waals surface area contributed by atoms with Crippen molar-refractivity contribution in [3.8, 4) is 0 Å². The van der Waals surface area contributed by atoms with Gasteiger partial charge in [-0.3, -0.25) is 0 Å².